The number of nitrogens with zero attached hydrogens (tertiary/aromatic N) is 1. The third kappa shape index (κ3) is 3.77. The van der Waals surface area contributed by atoms with Gasteiger partial charge < -0.3 is 4.74 Å². The summed E-state index contributed by atoms with van der Waals surface area (Å²) in [5.74, 6) is 0.648. The lowest BCUT2D eigenvalue weighted by Crippen LogP contribution is -2.11. The number of ether oxygens (including phenoxy) is 1. The summed E-state index contributed by atoms with van der Waals surface area (Å²) in [5.41, 5.74) is 2.43. The van der Waals surface area contributed by atoms with Gasteiger partial charge in [-0.1, -0.05) is 0 Å². The van der Waals surface area contributed by atoms with Crippen LogP contribution in [-0.4, -0.2) is 24.3 Å². The van der Waals surface area contributed by atoms with Gasteiger partial charge in [-0.3, -0.25) is 10.1 Å². The van der Waals surface area contributed by atoms with E-state index in [-0.39, 0.29) is 5.91 Å². The van der Waals surface area contributed by atoms with Crippen LogP contribution in [0.1, 0.15) is 10.4 Å². The molecule has 122 valence electrons. The number of thiazole rings is 1. The van der Waals surface area contributed by atoms with Crippen molar-refractivity contribution >= 4 is 34.1 Å². The van der Waals surface area contributed by atoms with E-state index in [1.54, 1.807) is 18.9 Å². The van der Waals surface area contributed by atoms with Crippen LogP contribution >= 0.6 is 23.1 Å². The molecule has 1 aromatic heterocycles. The zero-order valence-corrected chi connectivity index (χ0v) is 14.9. The third-order valence-corrected chi connectivity index (χ3v) is 4.96. The number of methoxy groups -OCH3 is 1. The summed E-state index contributed by atoms with van der Waals surface area (Å²) >= 11 is 3.05. The van der Waals surface area contributed by atoms with Crippen molar-refractivity contribution < 1.29 is 9.53 Å². The Bertz CT molecular complexity index is 827. The molecule has 0 spiro atoms. The molecule has 2 aromatic carbocycles. The molecule has 0 aliphatic heterocycles. The van der Waals surface area contributed by atoms with Gasteiger partial charge in [-0.25, -0.2) is 4.98 Å². The molecule has 0 bridgehead atoms. The molecule has 1 N–H and O–H groups in total. The Labute approximate surface area is 148 Å². The fraction of sp³-hybridized carbons (Fsp3) is 0.111. The molecule has 6 heteroatoms. The van der Waals surface area contributed by atoms with Gasteiger partial charge in [0, 0.05) is 21.4 Å². The van der Waals surface area contributed by atoms with E-state index in [9.17, 15) is 4.79 Å². The van der Waals surface area contributed by atoms with Gasteiger partial charge >= 0.3 is 0 Å². The van der Waals surface area contributed by atoms with Gasteiger partial charge in [0.05, 0.1) is 12.8 Å². The van der Waals surface area contributed by atoms with Crippen LogP contribution in [0, 0.1) is 0 Å². The normalized spacial score (nSPS) is 10.4. The molecule has 3 rings (SSSR count). The maximum Gasteiger partial charge on any atom is 0.257 e. The highest BCUT2D eigenvalue weighted by atomic mass is 32.2. The molecule has 0 radical (unpaired) electrons. The first-order valence-electron chi connectivity index (χ1n) is 7.25. The minimum Gasteiger partial charge on any atom is -0.497 e. The van der Waals surface area contributed by atoms with Crippen LogP contribution in [-0.2, 0) is 0 Å². The van der Waals surface area contributed by atoms with Crippen LogP contribution in [0.25, 0.3) is 11.3 Å². The van der Waals surface area contributed by atoms with Crippen molar-refractivity contribution in [2.75, 3.05) is 18.7 Å². The fourth-order valence-electron chi connectivity index (χ4n) is 2.14. The van der Waals surface area contributed by atoms with Gasteiger partial charge in [-0.2, -0.15) is 0 Å². The number of nitrogens with one attached hydrogen (secondary N) is 1. The Balaban J connectivity index is 1.71. The SMILES string of the molecule is COc1ccc(-c2csc(NC(=O)c3ccc(SC)cc3)n2)cc1. The average molecular weight is 356 g/mol. The van der Waals surface area contributed by atoms with E-state index >= 15 is 0 Å². The lowest BCUT2D eigenvalue weighted by atomic mass is 10.2. The number of thioether (sulfide) groups is 1. The van der Waals surface area contributed by atoms with E-state index in [0.717, 1.165) is 21.9 Å². The van der Waals surface area contributed by atoms with Crippen molar-refractivity contribution in [2.24, 2.45) is 0 Å². The number of rotatable bonds is 5. The maximum absolute atomic E-state index is 12.3. The Hall–Kier alpha value is -2.31. The predicted octanol–water partition coefficient (Wildman–Crippen LogP) is 4.79. The summed E-state index contributed by atoms with van der Waals surface area (Å²) in [6, 6.07) is 15.2. The molecule has 0 unspecified atom stereocenters. The Morgan fingerprint density at radius 2 is 1.83 bits per heavy atom. The highest BCUT2D eigenvalue weighted by molar-refractivity contribution is 7.98. The number of amides is 1. The van der Waals surface area contributed by atoms with Crippen LogP contribution in [0.3, 0.4) is 0 Å². The molecule has 0 fully saturated rings. The van der Waals surface area contributed by atoms with Crippen molar-refractivity contribution in [3.63, 3.8) is 0 Å². The summed E-state index contributed by atoms with van der Waals surface area (Å²) in [6.45, 7) is 0. The molecule has 0 aliphatic rings. The van der Waals surface area contributed by atoms with Gasteiger partial charge in [-0.15, -0.1) is 23.1 Å². The zero-order valence-electron chi connectivity index (χ0n) is 13.3. The monoisotopic (exact) mass is 356 g/mol. The third-order valence-electron chi connectivity index (χ3n) is 3.46. The molecular formula is C18H16N2O2S2. The molecule has 0 aliphatic carbocycles. The lowest BCUT2D eigenvalue weighted by molar-refractivity contribution is 0.102. The highest BCUT2D eigenvalue weighted by Crippen LogP contribution is 2.26. The summed E-state index contributed by atoms with van der Waals surface area (Å²) < 4.78 is 5.15. The fourth-order valence-corrected chi connectivity index (χ4v) is 3.26. The number of benzene rings is 2. The van der Waals surface area contributed by atoms with Crippen LogP contribution in [0.15, 0.2) is 58.8 Å². The van der Waals surface area contributed by atoms with Crippen LogP contribution < -0.4 is 10.1 Å². The van der Waals surface area contributed by atoms with E-state index in [1.165, 1.54) is 11.3 Å². The number of carbonyl (C=O) groups excluding carboxylic acids is 1. The van der Waals surface area contributed by atoms with Crippen molar-refractivity contribution in [3.05, 3.63) is 59.5 Å². The van der Waals surface area contributed by atoms with Gasteiger partial charge in [0.2, 0.25) is 0 Å². The number of aromatic nitrogens is 1. The van der Waals surface area contributed by atoms with Crippen molar-refractivity contribution in [3.8, 4) is 17.0 Å². The summed E-state index contributed by atoms with van der Waals surface area (Å²) in [6.07, 6.45) is 2.01. The van der Waals surface area contributed by atoms with Crippen molar-refractivity contribution in [1.82, 2.24) is 4.98 Å². The Kier molecular flexibility index (Phi) is 5.17. The van der Waals surface area contributed by atoms with Crippen LogP contribution in [0.5, 0.6) is 5.75 Å². The van der Waals surface area contributed by atoms with E-state index in [4.69, 9.17) is 4.74 Å². The molecule has 1 amide bonds. The van der Waals surface area contributed by atoms with E-state index in [1.807, 2.05) is 60.2 Å². The first-order chi connectivity index (χ1) is 11.7. The van der Waals surface area contributed by atoms with Gasteiger partial charge in [0.25, 0.3) is 5.91 Å². The molecule has 3 aromatic rings. The zero-order chi connectivity index (χ0) is 16.9. The molecule has 0 saturated heterocycles. The number of anilines is 1. The first-order valence-corrected chi connectivity index (χ1v) is 9.35. The smallest absolute Gasteiger partial charge is 0.257 e. The topological polar surface area (TPSA) is 51.2 Å². The van der Waals surface area contributed by atoms with Gasteiger partial charge in [0.15, 0.2) is 5.13 Å². The minimum atomic E-state index is -0.154. The molecule has 0 atom stereocenters. The number of hydrogen-bond acceptors (Lipinski definition) is 5. The second-order valence-corrected chi connectivity index (χ2v) is 6.69. The Morgan fingerprint density at radius 1 is 1.12 bits per heavy atom. The molecule has 1 heterocycles. The number of carbonyl (C=O) groups is 1. The lowest BCUT2D eigenvalue weighted by Gasteiger charge is -2.03. The quantitative estimate of drug-likeness (QED) is 0.668. The summed E-state index contributed by atoms with van der Waals surface area (Å²) in [5, 5.41) is 5.35. The largest absolute Gasteiger partial charge is 0.497 e. The molecular weight excluding hydrogens is 340 g/mol. The summed E-state index contributed by atoms with van der Waals surface area (Å²) in [4.78, 5) is 17.9. The van der Waals surface area contributed by atoms with Gasteiger partial charge in [-0.05, 0) is 54.8 Å². The van der Waals surface area contributed by atoms with E-state index in [0.29, 0.717) is 10.7 Å². The average Bonchev–Trinajstić information content (AvgIpc) is 3.10. The van der Waals surface area contributed by atoms with Crippen LogP contribution in [0.4, 0.5) is 5.13 Å². The Morgan fingerprint density at radius 3 is 2.46 bits per heavy atom. The standard InChI is InChI=1S/C18H16N2O2S2/c1-22-14-7-3-12(4-8-14)16-11-24-18(19-16)20-17(21)13-5-9-15(23-2)10-6-13/h3-11H,1-2H3,(H,19,20,21). The predicted molar refractivity (Wildman–Crippen MR) is 100 cm³/mol. The molecule has 24 heavy (non-hydrogen) atoms. The second-order valence-electron chi connectivity index (χ2n) is 4.95. The minimum absolute atomic E-state index is 0.154. The molecule has 4 nitrogen and oxygen atoms in total. The molecule has 0 saturated carbocycles. The van der Waals surface area contributed by atoms with Crippen molar-refractivity contribution in [1.29, 1.82) is 0 Å². The summed E-state index contributed by atoms with van der Waals surface area (Å²) in [7, 11) is 1.64. The van der Waals surface area contributed by atoms with E-state index in [2.05, 4.69) is 10.3 Å². The number of hydrogen-bond donors (Lipinski definition) is 1. The highest BCUT2D eigenvalue weighted by Gasteiger charge is 2.10. The maximum atomic E-state index is 12.3. The van der Waals surface area contributed by atoms with Gasteiger partial charge in [0.1, 0.15) is 5.75 Å². The van der Waals surface area contributed by atoms with Crippen molar-refractivity contribution in [2.45, 2.75) is 4.90 Å². The first kappa shape index (κ1) is 16.5. The van der Waals surface area contributed by atoms with E-state index < -0.39 is 0 Å². The van der Waals surface area contributed by atoms with Crippen LogP contribution in [0.2, 0.25) is 0 Å². The second kappa shape index (κ2) is 7.51.